The summed E-state index contributed by atoms with van der Waals surface area (Å²) in [5.74, 6) is 1.52. The van der Waals surface area contributed by atoms with Crippen molar-refractivity contribution in [3.8, 4) is 0 Å². The zero-order valence-corrected chi connectivity index (χ0v) is 14.2. The minimum Gasteiger partial charge on any atom is -0.350 e. The van der Waals surface area contributed by atoms with Crippen molar-refractivity contribution < 1.29 is 4.79 Å². The zero-order chi connectivity index (χ0) is 15.5. The van der Waals surface area contributed by atoms with E-state index in [1.54, 1.807) is 6.08 Å². The first-order valence-electron chi connectivity index (χ1n) is 7.96. The molecule has 2 heteroatoms. The molecule has 0 rings (SSSR count). The number of amides is 1. The van der Waals surface area contributed by atoms with E-state index < -0.39 is 0 Å². The second-order valence-electron chi connectivity index (χ2n) is 6.62. The van der Waals surface area contributed by atoms with E-state index in [9.17, 15) is 4.79 Å². The Balaban J connectivity index is 3.98. The van der Waals surface area contributed by atoms with Crippen molar-refractivity contribution in [2.24, 2.45) is 11.8 Å². The fraction of sp³-hybridized carbons (Fsp3) is 0.722. The lowest BCUT2D eigenvalue weighted by Gasteiger charge is -2.09. The van der Waals surface area contributed by atoms with Crippen LogP contribution in [0.2, 0.25) is 0 Å². The molecule has 2 nitrogen and oxygen atoms in total. The molecule has 0 fully saturated rings. The van der Waals surface area contributed by atoms with E-state index in [2.05, 4.69) is 38.2 Å². The monoisotopic (exact) mass is 279 g/mol. The first-order chi connectivity index (χ1) is 9.31. The molecular weight excluding hydrogens is 246 g/mol. The highest BCUT2D eigenvalue weighted by molar-refractivity contribution is 5.88. The van der Waals surface area contributed by atoms with Crippen molar-refractivity contribution in [1.29, 1.82) is 0 Å². The maximum Gasteiger partial charge on any atom is 0.244 e. The first-order valence-corrected chi connectivity index (χ1v) is 7.96. The third kappa shape index (κ3) is 12.0. The van der Waals surface area contributed by atoms with Crippen LogP contribution in [0.1, 0.15) is 67.2 Å². The molecule has 1 N–H and O–H groups in total. The molecule has 0 spiro atoms. The summed E-state index contributed by atoms with van der Waals surface area (Å²) >= 11 is 0. The van der Waals surface area contributed by atoms with Gasteiger partial charge >= 0.3 is 0 Å². The van der Waals surface area contributed by atoms with Crippen molar-refractivity contribution in [2.75, 3.05) is 0 Å². The predicted molar refractivity (Wildman–Crippen MR) is 88.6 cm³/mol. The lowest BCUT2D eigenvalue weighted by Crippen LogP contribution is -2.28. The quantitative estimate of drug-likeness (QED) is 0.473. The number of nitrogens with one attached hydrogen (secondary N) is 1. The van der Waals surface area contributed by atoms with Gasteiger partial charge in [-0.15, -0.1) is 0 Å². The van der Waals surface area contributed by atoms with Crippen LogP contribution in [0.4, 0.5) is 0 Å². The molecule has 0 aliphatic heterocycles. The Kier molecular flexibility index (Phi) is 10.1. The van der Waals surface area contributed by atoms with Gasteiger partial charge in [0.15, 0.2) is 0 Å². The summed E-state index contributed by atoms with van der Waals surface area (Å²) in [4.78, 5) is 11.5. The summed E-state index contributed by atoms with van der Waals surface area (Å²) < 4.78 is 0. The molecule has 20 heavy (non-hydrogen) atoms. The number of carbonyl (C=O) groups is 1. The molecule has 0 heterocycles. The van der Waals surface area contributed by atoms with Gasteiger partial charge in [-0.3, -0.25) is 4.79 Å². The van der Waals surface area contributed by atoms with Gasteiger partial charge in [-0.1, -0.05) is 52.2 Å². The number of allylic oxidation sites excluding steroid dienone is 3. The summed E-state index contributed by atoms with van der Waals surface area (Å²) in [6.07, 6.45) is 10.9. The molecule has 0 saturated carbocycles. The lowest BCUT2D eigenvalue weighted by atomic mass is 9.97. The Morgan fingerprint density at radius 3 is 2.30 bits per heavy atom. The third-order valence-electron chi connectivity index (χ3n) is 3.19. The van der Waals surface area contributed by atoms with E-state index in [0.29, 0.717) is 0 Å². The highest BCUT2D eigenvalue weighted by Crippen LogP contribution is 2.15. The minimum atomic E-state index is -0.00729. The van der Waals surface area contributed by atoms with E-state index in [0.717, 1.165) is 23.8 Å². The lowest BCUT2D eigenvalue weighted by molar-refractivity contribution is -0.117. The van der Waals surface area contributed by atoms with E-state index in [1.807, 2.05) is 20.8 Å². The van der Waals surface area contributed by atoms with Crippen molar-refractivity contribution in [1.82, 2.24) is 5.32 Å². The second kappa shape index (κ2) is 10.7. The highest BCUT2D eigenvalue weighted by Gasteiger charge is 2.01. The predicted octanol–water partition coefficient (Wildman–Crippen LogP) is 4.87. The summed E-state index contributed by atoms with van der Waals surface area (Å²) in [5, 5.41) is 2.86. The van der Waals surface area contributed by atoms with Crippen LogP contribution in [0.15, 0.2) is 23.8 Å². The molecule has 0 aromatic carbocycles. The number of carbonyl (C=O) groups excluding carboxylic acids is 1. The van der Waals surface area contributed by atoms with Crippen LogP contribution < -0.4 is 5.32 Å². The molecule has 0 bridgehead atoms. The van der Waals surface area contributed by atoms with Crippen molar-refractivity contribution in [2.45, 2.75) is 73.3 Å². The van der Waals surface area contributed by atoms with Gasteiger partial charge in [0.1, 0.15) is 0 Å². The molecule has 1 amide bonds. The largest absolute Gasteiger partial charge is 0.350 e. The standard InChI is InChI=1S/C18H33NO/c1-14(2)9-7-10-16(5)11-8-12-17(6)13-18(20)19-15(3)4/h8,12-16H,7,9-11H2,1-6H3,(H,19,20)/b12-8+,17-13+. The van der Waals surface area contributed by atoms with Crippen molar-refractivity contribution in [3.05, 3.63) is 23.8 Å². The Labute approximate surface area is 125 Å². The second-order valence-corrected chi connectivity index (χ2v) is 6.62. The van der Waals surface area contributed by atoms with Crippen LogP contribution in [-0.4, -0.2) is 11.9 Å². The number of hydrogen-bond acceptors (Lipinski definition) is 1. The molecule has 0 aliphatic rings. The highest BCUT2D eigenvalue weighted by atomic mass is 16.1. The van der Waals surface area contributed by atoms with Gasteiger partial charge in [-0.05, 0) is 44.6 Å². The molecule has 0 saturated heterocycles. The van der Waals surface area contributed by atoms with Crippen molar-refractivity contribution >= 4 is 5.91 Å². The van der Waals surface area contributed by atoms with Gasteiger partial charge in [0.25, 0.3) is 0 Å². The molecule has 1 unspecified atom stereocenters. The summed E-state index contributed by atoms with van der Waals surface area (Å²) in [5.41, 5.74) is 1.01. The molecule has 0 aromatic rings. The minimum absolute atomic E-state index is 0.00729. The van der Waals surface area contributed by atoms with Crippen LogP contribution in [0.3, 0.4) is 0 Å². The molecule has 0 aromatic heterocycles. The van der Waals surface area contributed by atoms with E-state index >= 15 is 0 Å². The summed E-state index contributed by atoms with van der Waals surface area (Å²) in [6.45, 7) is 12.8. The fourth-order valence-electron chi connectivity index (χ4n) is 2.06. The van der Waals surface area contributed by atoms with Crippen LogP contribution in [0, 0.1) is 11.8 Å². The smallest absolute Gasteiger partial charge is 0.244 e. The Bertz CT molecular complexity index is 326. The van der Waals surface area contributed by atoms with Gasteiger partial charge in [0, 0.05) is 12.1 Å². The van der Waals surface area contributed by atoms with E-state index in [4.69, 9.17) is 0 Å². The number of hydrogen-bond donors (Lipinski definition) is 1. The zero-order valence-electron chi connectivity index (χ0n) is 14.2. The summed E-state index contributed by atoms with van der Waals surface area (Å²) in [6, 6.07) is 0.191. The summed E-state index contributed by atoms with van der Waals surface area (Å²) in [7, 11) is 0. The topological polar surface area (TPSA) is 29.1 Å². The Hall–Kier alpha value is -1.05. The molecule has 1 atom stereocenters. The van der Waals surface area contributed by atoms with Gasteiger partial charge in [-0.2, -0.15) is 0 Å². The Morgan fingerprint density at radius 2 is 1.75 bits per heavy atom. The maximum absolute atomic E-state index is 11.5. The molecular formula is C18H33NO. The maximum atomic E-state index is 11.5. The normalized spacial score (nSPS) is 14.3. The average molecular weight is 279 g/mol. The first kappa shape index (κ1) is 18.9. The molecule has 0 aliphatic carbocycles. The molecule has 0 radical (unpaired) electrons. The third-order valence-corrected chi connectivity index (χ3v) is 3.19. The van der Waals surface area contributed by atoms with Gasteiger partial charge < -0.3 is 5.32 Å². The van der Waals surface area contributed by atoms with Gasteiger partial charge in [0.05, 0.1) is 0 Å². The SMILES string of the molecule is CC(/C=C/CC(C)CCCC(C)C)=C\C(=O)NC(C)C. The van der Waals surface area contributed by atoms with Crippen LogP contribution >= 0.6 is 0 Å². The number of rotatable bonds is 9. The van der Waals surface area contributed by atoms with Gasteiger partial charge in [0.2, 0.25) is 5.91 Å². The average Bonchev–Trinajstić information content (AvgIpc) is 2.26. The van der Waals surface area contributed by atoms with Crippen LogP contribution in [0.25, 0.3) is 0 Å². The van der Waals surface area contributed by atoms with Crippen LogP contribution in [-0.2, 0) is 4.79 Å². The van der Waals surface area contributed by atoms with E-state index in [1.165, 1.54) is 19.3 Å². The van der Waals surface area contributed by atoms with Crippen molar-refractivity contribution in [3.63, 3.8) is 0 Å². The fourth-order valence-corrected chi connectivity index (χ4v) is 2.06. The van der Waals surface area contributed by atoms with Gasteiger partial charge in [-0.25, -0.2) is 0 Å². The van der Waals surface area contributed by atoms with E-state index in [-0.39, 0.29) is 11.9 Å². The Morgan fingerprint density at radius 1 is 1.10 bits per heavy atom. The molecule has 116 valence electrons. The van der Waals surface area contributed by atoms with Crippen LogP contribution in [0.5, 0.6) is 0 Å².